The number of benzene rings is 1. The maximum Gasteiger partial charge on any atom is 0.237 e. The average molecular weight is 436 g/mol. The van der Waals surface area contributed by atoms with Crippen molar-refractivity contribution in [3.05, 3.63) is 52.8 Å². The van der Waals surface area contributed by atoms with Crippen molar-refractivity contribution in [3.63, 3.8) is 0 Å². The highest BCUT2D eigenvalue weighted by Crippen LogP contribution is 2.29. The van der Waals surface area contributed by atoms with E-state index < -0.39 is 5.25 Å². The standard InChI is InChI=1S/C19H19Cl2N5OS/c1-3-10-26-17(13-6-8-22-9-7-13)24-25-19(26)28-12(2)18(27)23-16-11-14(20)4-5-15(16)21/h4-9,11-12H,3,10H2,1-2H3,(H,23,27). The van der Waals surface area contributed by atoms with Crippen molar-refractivity contribution >= 4 is 46.6 Å². The summed E-state index contributed by atoms with van der Waals surface area (Å²) in [6.45, 7) is 4.65. The van der Waals surface area contributed by atoms with E-state index in [0.29, 0.717) is 20.9 Å². The van der Waals surface area contributed by atoms with Gasteiger partial charge in [-0.1, -0.05) is 41.9 Å². The summed E-state index contributed by atoms with van der Waals surface area (Å²) in [6, 6.07) is 8.73. The Kier molecular flexibility index (Phi) is 6.93. The van der Waals surface area contributed by atoms with E-state index in [1.807, 2.05) is 23.6 Å². The summed E-state index contributed by atoms with van der Waals surface area (Å²) in [5.74, 6) is 0.572. The van der Waals surface area contributed by atoms with Gasteiger partial charge in [-0.25, -0.2) is 0 Å². The van der Waals surface area contributed by atoms with Crippen molar-refractivity contribution < 1.29 is 4.79 Å². The second-order valence-electron chi connectivity index (χ2n) is 6.07. The van der Waals surface area contributed by atoms with Crippen LogP contribution in [0.25, 0.3) is 11.4 Å². The van der Waals surface area contributed by atoms with E-state index in [2.05, 4.69) is 27.4 Å². The highest BCUT2D eigenvalue weighted by Gasteiger charge is 2.21. The highest BCUT2D eigenvalue weighted by atomic mass is 35.5. The molecule has 0 bridgehead atoms. The molecule has 28 heavy (non-hydrogen) atoms. The minimum Gasteiger partial charge on any atom is -0.324 e. The molecule has 0 aliphatic rings. The number of carbonyl (C=O) groups excluding carboxylic acids is 1. The number of thioether (sulfide) groups is 1. The van der Waals surface area contributed by atoms with Crippen molar-refractivity contribution in [2.45, 2.75) is 37.2 Å². The van der Waals surface area contributed by atoms with Gasteiger partial charge in [-0.05, 0) is 43.7 Å². The Balaban J connectivity index is 1.78. The SMILES string of the molecule is CCCn1c(SC(C)C(=O)Nc2cc(Cl)ccc2Cl)nnc1-c1ccncc1. The lowest BCUT2D eigenvalue weighted by Crippen LogP contribution is -2.23. The molecule has 6 nitrogen and oxygen atoms in total. The molecule has 3 aromatic rings. The number of hydrogen-bond acceptors (Lipinski definition) is 5. The largest absolute Gasteiger partial charge is 0.324 e. The number of nitrogens with one attached hydrogen (secondary N) is 1. The summed E-state index contributed by atoms with van der Waals surface area (Å²) in [6.07, 6.45) is 4.36. The predicted molar refractivity (Wildman–Crippen MR) is 114 cm³/mol. The lowest BCUT2D eigenvalue weighted by molar-refractivity contribution is -0.115. The second kappa shape index (κ2) is 9.41. The summed E-state index contributed by atoms with van der Waals surface area (Å²) >= 11 is 13.5. The molecular weight excluding hydrogens is 417 g/mol. The van der Waals surface area contributed by atoms with Crippen molar-refractivity contribution in [1.29, 1.82) is 0 Å². The van der Waals surface area contributed by atoms with Gasteiger partial charge < -0.3 is 9.88 Å². The fourth-order valence-electron chi connectivity index (χ4n) is 2.55. The summed E-state index contributed by atoms with van der Waals surface area (Å²) in [4.78, 5) is 16.7. The molecule has 0 aliphatic carbocycles. The number of halogens is 2. The molecule has 2 heterocycles. The highest BCUT2D eigenvalue weighted by molar-refractivity contribution is 8.00. The van der Waals surface area contributed by atoms with Crippen molar-refractivity contribution in [2.24, 2.45) is 0 Å². The molecule has 0 saturated carbocycles. The van der Waals surface area contributed by atoms with E-state index in [1.54, 1.807) is 30.6 Å². The molecule has 146 valence electrons. The zero-order valence-corrected chi connectivity index (χ0v) is 17.7. The first-order valence-electron chi connectivity index (χ1n) is 8.75. The zero-order valence-electron chi connectivity index (χ0n) is 15.4. The van der Waals surface area contributed by atoms with E-state index >= 15 is 0 Å². The van der Waals surface area contributed by atoms with Gasteiger partial charge in [-0.2, -0.15) is 0 Å². The molecule has 1 N–H and O–H groups in total. The Morgan fingerprint density at radius 3 is 2.68 bits per heavy atom. The monoisotopic (exact) mass is 435 g/mol. The number of amides is 1. The van der Waals surface area contributed by atoms with E-state index in [9.17, 15) is 4.79 Å². The third-order valence-corrected chi connectivity index (χ3v) is 5.59. The van der Waals surface area contributed by atoms with Crippen LogP contribution in [0.5, 0.6) is 0 Å². The molecule has 9 heteroatoms. The number of rotatable bonds is 7. The van der Waals surface area contributed by atoms with Gasteiger partial charge in [0.1, 0.15) is 0 Å². The number of anilines is 1. The molecule has 1 aromatic carbocycles. The summed E-state index contributed by atoms with van der Waals surface area (Å²) in [5, 5.41) is 12.7. The van der Waals surface area contributed by atoms with Crippen molar-refractivity contribution in [3.8, 4) is 11.4 Å². The van der Waals surface area contributed by atoms with Crippen LogP contribution in [0, 0.1) is 0 Å². The van der Waals surface area contributed by atoms with E-state index in [0.717, 1.165) is 24.4 Å². The van der Waals surface area contributed by atoms with Crippen LogP contribution in [0.2, 0.25) is 10.0 Å². The second-order valence-corrected chi connectivity index (χ2v) is 8.22. The Hall–Kier alpha value is -2.09. The normalized spacial score (nSPS) is 12.0. The van der Waals surface area contributed by atoms with Gasteiger partial charge in [0, 0.05) is 29.5 Å². The van der Waals surface area contributed by atoms with Crippen molar-refractivity contribution in [2.75, 3.05) is 5.32 Å². The molecule has 1 atom stereocenters. The van der Waals surface area contributed by atoms with Gasteiger partial charge in [0.2, 0.25) is 5.91 Å². The Morgan fingerprint density at radius 2 is 1.96 bits per heavy atom. The van der Waals surface area contributed by atoms with Gasteiger partial charge in [0.15, 0.2) is 11.0 Å². The van der Waals surface area contributed by atoms with Crippen LogP contribution in [0.3, 0.4) is 0 Å². The first-order valence-corrected chi connectivity index (χ1v) is 10.4. The third-order valence-electron chi connectivity index (χ3n) is 3.94. The first-order chi connectivity index (χ1) is 13.5. The molecule has 0 spiro atoms. The van der Waals surface area contributed by atoms with Crippen LogP contribution in [-0.4, -0.2) is 30.9 Å². The quantitative estimate of drug-likeness (QED) is 0.517. The topological polar surface area (TPSA) is 72.7 Å². The van der Waals surface area contributed by atoms with Crippen LogP contribution in [-0.2, 0) is 11.3 Å². The zero-order chi connectivity index (χ0) is 20.1. The fraction of sp³-hybridized carbons (Fsp3) is 0.263. The Bertz CT molecular complexity index is 964. The number of pyridine rings is 1. The Morgan fingerprint density at radius 1 is 1.21 bits per heavy atom. The fourth-order valence-corrected chi connectivity index (χ4v) is 3.77. The van der Waals surface area contributed by atoms with E-state index in [1.165, 1.54) is 11.8 Å². The molecule has 1 unspecified atom stereocenters. The van der Waals surface area contributed by atoms with Crippen LogP contribution in [0.15, 0.2) is 47.9 Å². The van der Waals surface area contributed by atoms with Gasteiger partial charge in [0.05, 0.1) is 16.0 Å². The van der Waals surface area contributed by atoms with Gasteiger partial charge in [-0.15, -0.1) is 10.2 Å². The molecule has 2 aromatic heterocycles. The Labute approximate surface area is 177 Å². The number of carbonyl (C=O) groups is 1. The number of nitrogens with zero attached hydrogens (tertiary/aromatic N) is 4. The maximum absolute atomic E-state index is 12.6. The molecule has 0 fully saturated rings. The van der Waals surface area contributed by atoms with E-state index in [-0.39, 0.29) is 5.91 Å². The van der Waals surface area contributed by atoms with Crippen LogP contribution >= 0.6 is 35.0 Å². The van der Waals surface area contributed by atoms with Gasteiger partial charge in [-0.3, -0.25) is 9.78 Å². The first kappa shape index (κ1) is 20.6. The third kappa shape index (κ3) is 4.84. The van der Waals surface area contributed by atoms with Crippen LogP contribution in [0.1, 0.15) is 20.3 Å². The molecule has 3 rings (SSSR count). The summed E-state index contributed by atoms with van der Waals surface area (Å²) in [5.41, 5.74) is 1.42. The molecule has 1 amide bonds. The number of hydrogen-bond donors (Lipinski definition) is 1. The summed E-state index contributed by atoms with van der Waals surface area (Å²) < 4.78 is 2.02. The van der Waals surface area contributed by atoms with Crippen LogP contribution in [0.4, 0.5) is 5.69 Å². The summed E-state index contributed by atoms with van der Waals surface area (Å²) in [7, 11) is 0. The lowest BCUT2D eigenvalue weighted by Gasteiger charge is -2.14. The molecule has 0 aliphatic heterocycles. The van der Waals surface area contributed by atoms with Gasteiger partial charge >= 0.3 is 0 Å². The molecular formula is C19H19Cl2N5OS. The minimum atomic E-state index is -0.403. The lowest BCUT2D eigenvalue weighted by atomic mass is 10.2. The van der Waals surface area contributed by atoms with Crippen molar-refractivity contribution in [1.82, 2.24) is 19.7 Å². The smallest absolute Gasteiger partial charge is 0.237 e. The predicted octanol–water partition coefficient (Wildman–Crippen LogP) is 5.18. The molecule has 0 radical (unpaired) electrons. The van der Waals surface area contributed by atoms with Crippen LogP contribution < -0.4 is 5.32 Å². The van der Waals surface area contributed by atoms with Gasteiger partial charge in [0.25, 0.3) is 0 Å². The maximum atomic E-state index is 12.6. The molecule has 0 saturated heterocycles. The average Bonchev–Trinajstić information content (AvgIpc) is 3.08. The number of aromatic nitrogens is 4. The minimum absolute atomic E-state index is 0.189. The van der Waals surface area contributed by atoms with E-state index in [4.69, 9.17) is 23.2 Å².